The number of benzene rings is 1. The summed E-state index contributed by atoms with van der Waals surface area (Å²) in [5.74, 6) is 0.122. The number of rotatable bonds is 4. The van der Waals surface area contributed by atoms with E-state index in [0.29, 0.717) is 6.42 Å². The molecule has 2 amide bonds. The van der Waals surface area contributed by atoms with Crippen molar-refractivity contribution in [3.8, 4) is 0 Å². The third kappa shape index (κ3) is 3.88. The normalized spacial score (nSPS) is 16.8. The molecular weight excluding hydrogens is 414 g/mol. The van der Waals surface area contributed by atoms with Crippen molar-refractivity contribution >= 4 is 44.6 Å². The molecule has 0 radical (unpaired) electrons. The number of aromatic nitrogens is 1. The fourth-order valence-electron chi connectivity index (χ4n) is 4.25. The molecule has 1 atom stereocenters. The summed E-state index contributed by atoms with van der Waals surface area (Å²) >= 11 is 3.04. The second-order valence-corrected chi connectivity index (χ2v) is 10.4. The summed E-state index contributed by atoms with van der Waals surface area (Å²) in [6, 6.07) is 8.30. The average Bonchev–Trinajstić information content (AvgIpc) is 3.26. The lowest BCUT2D eigenvalue weighted by Gasteiger charge is -2.36. The van der Waals surface area contributed by atoms with E-state index in [-0.39, 0.29) is 17.9 Å². The Morgan fingerprint density at radius 3 is 2.60 bits per heavy atom. The van der Waals surface area contributed by atoms with E-state index in [2.05, 4.69) is 17.1 Å². The van der Waals surface area contributed by atoms with E-state index in [9.17, 15) is 9.59 Å². The Balaban J connectivity index is 1.70. The monoisotopic (exact) mass is 441 g/mol. The molecule has 0 spiro atoms. The minimum absolute atomic E-state index is 0.0359. The average molecular weight is 442 g/mol. The molecule has 3 heterocycles. The molecular formula is C23H27N3O2S2. The largest absolute Gasteiger partial charge is 0.344 e. The quantitative estimate of drug-likeness (QED) is 0.578. The Hall–Kier alpha value is -2.25. The van der Waals surface area contributed by atoms with E-state index in [0.717, 1.165) is 61.9 Å². The fraction of sp³-hybridized carbons (Fsp3) is 0.435. The van der Waals surface area contributed by atoms with Crippen LogP contribution in [-0.4, -0.2) is 53.3 Å². The molecule has 4 rings (SSSR count). The molecule has 0 unspecified atom stereocenters. The van der Waals surface area contributed by atoms with Crippen LogP contribution in [0.5, 0.6) is 0 Å². The minimum Gasteiger partial charge on any atom is -0.344 e. The molecule has 1 saturated heterocycles. The number of thiophene rings is 1. The van der Waals surface area contributed by atoms with Gasteiger partial charge in [0.1, 0.15) is 4.88 Å². The Bertz CT molecular complexity index is 1100. The Morgan fingerprint density at radius 2 is 1.90 bits per heavy atom. The number of piperidine rings is 1. The highest BCUT2D eigenvalue weighted by Crippen LogP contribution is 2.35. The van der Waals surface area contributed by atoms with Gasteiger partial charge in [-0.25, -0.2) is 4.98 Å². The van der Waals surface area contributed by atoms with Gasteiger partial charge in [0.05, 0.1) is 15.6 Å². The number of carbonyl (C=O) groups is 2. The molecule has 0 saturated carbocycles. The third-order valence-corrected chi connectivity index (χ3v) is 7.99. The molecule has 3 aromatic rings. The molecule has 0 N–H and O–H groups in total. The Labute approximate surface area is 185 Å². The van der Waals surface area contributed by atoms with Crippen LogP contribution in [0.15, 0.2) is 24.3 Å². The molecule has 2 aromatic heterocycles. The lowest BCUT2D eigenvalue weighted by molar-refractivity contribution is 0.0618. The van der Waals surface area contributed by atoms with Crippen LogP contribution in [0.2, 0.25) is 0 Å². The lowest BCUT2D eigenvalue weighted by Crippen LogP contribution is -2.45. The van der Waals surface area contributed by atoms with Crippen LogP contribution >= 0.6 is 22.7 Å². The highest BCUT2D eigenvalue weighted by molar-refractivity contribution is 7.21. The molecule has 1 aliphatic heterocycles. The van der Waals surface area contributed by atoms with E-state index >= 15 is 0 Å². The zero-order chi connectivity index (χ0) is 21.4. The van der Waals surface area contributed by atoms with Crippen molar-refractivity contribution in [2.24, 2.45) is 0 Å². The fourth-order valence-corrected chi connectivity index (χ4v) is 6.38. The maximum atomic E-state index is 13.4. The summed E-state index contributed by atoms with van der Waals surface area (Å²) in [5.41, 5.74) is 1.90. The zero-order valence-corrected chi connectivity index (χ0v) is 19.5. The third-order valence-electron chi connectivity index (χ3n) is 5.72. The first-order valence-electron chi connectivity index (χ1n) is 10.3. The number of hydrogen-bond donors (Lipinski definition) is 0. The number of carbonyl (C=O) groups excluding carboxylic acids is 2. The van der Waals surface area contributed by atoms with Gasteiger partial charge in [0.2, 0.25) is 0 Å². The lowest BCUT2D eigenvalue weighted by atomic mass is 9.93. The van der Waals surface area contributed by atoms with E-state index in [1.54, 1.807) is 30.3 Å². The van der Waals surface area contributed by atoms with Crippen molar-refractivity contribution in [2.75, 3.05) is 20.6 Å². The van der Waals surface area contributed by atoms with Crippen LogP contribution in [-0.2, 0) is 6.42 Å². The van der Waals surface area contributed by atoms with Crippen molar-refractivity contribution in [2.45, 2.75) is 45.6 Å². The molecule has 1 aromatic carbocycles. The van der Waals surface area contributed by atoms with Crippen LogP contribution in [0.3, 0.4) is 0 Å². The van der Waals surface area contributed by atoms with E-state index in [1.165, 1.54) is 11.3 Å². The van der Waals surface area contributed by atoms with Gasteiger partial charge >= 0.3 is 0 Å². The number of aryl methyl sites for hydroxylation is 2. The van der Waals surface area contributed by atoms with Gasteiger partial charge in [-0.3, -0.25) is 9.59 Å². The molecule has 1 aliphatic rings. The first kappa shape index (κ1) is 21.0. The van der Waals surface area contributed by atoms with Crippen molar-refractivity contribution in [1.29, 1.82) is 0 Å². The maximum absolute atomic E-state index is 13.4. The second-order valence-electron chi connectivity index (χ2n) is 8.11. The predicted molar refractivity (Wildman–Crippen MR) is 124 cm³/mol. The summed E-state index contributed by atoms with van der Waals surface area (Å²) in [6.07, 6.45) is 3.80. The summed E-state index contributed by atoms with van der Waals surface area (Å²) in [4.78, 5) is 36.0. The number of likely N-dealkylation sites (tertiary alicyclic amines) is 1. The predicted octanol–water partition coefficient (Wildman–Crippen LogP) is 4.91. The minimum atomic E-state index is 0.0359. The van der Waals surface area contributed by atoms with E-state index in [4.69, 9.17) is 0 Å². The van der Waals surface area contributed by atoms with Gasteiger partial charge in [-0.15, -0.1) is 22.7 Å². The molecule has 0 bridgehead atoms. The molecule has 7 heteroatoms. The summed E-state index contributed by atoms with van der Waals surface area (Å²) in [7, 11) is 3.59. The van der Waals surface area contributed by atoms with Crippen LogP contribution in [0.4, 0.5) is 0 Å². The van der Waals surface area contributed by atoms with Gasteiger partial charge in [0, 0.05) is 31.4 Å². The number of hydrogen-bond acceptors (Lipinski definition) is 5. The van der Waals surface area contributed by atoms with Crippen molar-refractivity contribution < 1.29 is 9.59 Å². The summed E-state index contributed by atoms with van der Waals surface area (Å²) in [6.45, 7) is 4.62. The van der Waals surface area contributed by atoms with Gasteiger partial charge in [-0.1, -0.05) is 18.2 Å². The highest BCUT2D eigenvalue weighted by Gasteiger charge is 2.32. The number of nitrogens with zero attached hydrogens (tertiary/aromatic N) is 3. The van der Waals surface area contributed by atoms with Crippen molar-refractivity contribution in [3.05, 3.63) is 50.3 Å². The topological polar surface area (TPSA) is 53.5 Å². The first-order valence-corrected chi connectivity index (χ1v) is 12.0. The Morgan fingerprint density at radius 1 is 1.13 bits per heavy atom. The molecule has 158 valence electrons. The van der Waals surface area contributed by atoms with Gasteiger partial charge in [-0.05, 0) is 56.5 Å². The van der Waals surface area contributed by atoms with Crippen LogP contribution in [0.1, 0.15) is 54.9 Å². The summed E-state index contributed by atoms with van der Waals surface area (Å²) in [5, 5.41) is 2.06. The molecule has 1 fully saturated rings. The van der Waals surface area contributed by atoms with Crippen LogP contribution in [0, 0.1) is 13.8 Å². The highest BCUT2D eigenvalue weighted by atomic mass is 32.1. The zero-order valence-electron chi connectivity index (χ0n) is 17.9. The van der Waals surface area contributed by atoms with Crippen LogP contribution in [0.25, 0.3) is 10.1 Å². The van der Waals surface area contributed by atoms with Crippen LogP contribution < -0.4 is 0 Å². The molecule has 5 nitrogen and oxygen atoms in total. The first-order chi connectivity index (χ1) is 14.4. The summed E-state index contributed by atoms with van der Waals surface area (Å²) < 4.78 is 1.13. The standard InChI is InChI=1S/C23H27N3O2S2/c1-14-20(29-15(2)24-14)23(28)26-12-8-7-9-16(26)13-18-17-10-5-6-11-19(17)30-21(18)22(27)25(3)4/h5-6,10-11,16H,7-9,12-13H2,1-4H3/t16-/m0/s1. The smallest absolute Gasteiger partial charge is 0.266 e. The van der Waals surface area contributed by atoms with Gasteiger partial charge in [-0.2, -0.15) is 0 Å². The van der Waals surface area contributed by atoms with Gasteiger partial charge < -0.3 is 9.80 Å². The van der Waals surface area contributed by atoms with Crippen molar-refractivity contribution in [3.63, 3.8) is 0 Å². The number of thiazole rings is 1. The van der Waals surface area contributed by atoms with Gasteiger partial charge in [0.25, 0.3) is 11.8 Å². The van der Waals surface area contributed by atoms with Gasteiger partial charge in [0.15, 0.2) is 0 Å². The Kier molecular flexibility index (Phi) is 5.93. The second kappa shape index (κ2) is 8.47. The SMILES string of the molecule is Cc1nc(C)c(C(=O)N2CCCC[C@H]2Cc2c(C(=O)N(C)C)sc3ccccc23)s1. The number of amides is 2. The van der Waals surface area contributed by atoms with Crippen molar-refractivity contribution in [1.82, 2.24) is 14.8 Å². The molecule has 0 aliphatic carbocycles. The maximum Gasteiger partial charge on any atom is 0.266 e. The van der Waals surface area contributed by atoms with E-state index < -0.39 is 0 Å². The molecule has 30 heavy (non-hydrogen) atoms. The van der Waals surface area contributed by atoms with E-state index in [1.807, 2.05) is 30.9 Å². The number of fused-ring (bicyclic) bond motifs is 1.